The maximum absolute atomic E-state index is 12.9. The molecule has 0 saturated heterocycles. The van der Waals surface area contributed by atoms with Crippen molar-refractivity contribution in [2.75, 3.05) is 0 Å². The molecule has 1 aliphatic carbocycles. The predicted octanol–water partition coefficient (Wildman–Crippen LogP) is 3.73. The van der Waals surface area contributed by atoms with Gasteiger partial charge < -0.3 is 14.4 Å². The van der Waals surface area contributed by atoms with Crippen molar-refractivity contribution in [1.82, 2.24) is 20.0 Å². The van der Waals surface area contributed by atoms with Crippen molar-refractivity contribution < 1.29 is 14.1 Å². The van der Waals surface area contributed by atoms with E-state index in [1.165, 1.54) is 0 Å². The van der Waals surface area contributed by atoms with E-state index < -0.39 is 0 Å². The van der Waals surface area contributed by atoms with E-state index in [1.54, 1.807) is 0 Å². The van der Waals surface area contributed by atoms with Crippen LogP contribution in [0.25, 0.3) is 0 Å². The van der Waals surface area contributed by atoms with Gasteiger partial charge in [0.2, 0.25) is 11.8 Å². The summed E-state index contributed by atoms with van der Waals surface area (Å²) < 4.78 is 7.42. The molecule has 0 atom stereocenters. The highest BCUT2D eigenvalue weighted by atomic mass is 16.5. The van der Waals surface area contributed by atoms with Crippen LogP contribution in [0.15, 0.2) is 4.52 Å². The van der Waals surface area contributed by atoms with Gasteiger partial charge in [-0.2, -0.15) is 4.98 Å². The van der Waals surface area contributed by atoms with Gasteiger partial charge in [-0.3, -0.25) is 9.59 Å². The van der Waals surface area contributed by atoms with E-state index in [4.69, 9.17) is 4.52 Å². The molecule has 158 valence electrons. The normalized spacial score (nSPS) is 15.6. The first-order valence-electron chi connectivity index (χ1n) is 10.5. The Morgan fingerprint density at radius 1 is 1.31 bits per heavy atom. The number of fused-ring (bicyclic) bond motifs is 1. The molecule has 2 heterocycles. The smallest absolute Gasteiger partial charge is 0.246 e. The van der Waals surface area contributed by atoms with Gasteiger partial charge in [0.15, 0.2) is 11.6 Å². The Kier molecular flexibility index (Phi) is 5.96. The van der Waals surface area contributed by atoms with E-state index in [0.29, 0.717) is 18.1 Å². The highest BCUT2D eigenvalue weighted by molar-refractivity contribution is 6.01. The molecule has 2 aromatic heterocycles. The highest BCUT2D eigenvalue weighted by Gasteiger charge is 2.36. The number of hydrogen-bond acceptors (Lipinski definition) is 5. The summed E-state index contributed by atoms with van der Waals surface area (Å²) in [6.07, 6.45) is 2.54. The van der Waals surface area contributed by atoms with E-state index in [0.717, 1.165) is 41.9 Å². The average Bonchev–Trinajstić information content (AvgIpc) is 3.19. The number of carbonyl (C=O) groups excluding carboxylic acids is 2. The van der Waals surface area contributed by atoms with Crippen LogP contribution in [0.2, 0.25) is 0 Å². The topological polar surface area (TPSA) is 90.0 Å². The maximum atomic E-state index is 12.9. The minimum Gasteiger partial charge on any atom is -0.348 e. The van der Waals surface area contributed by atoms with E-state index in [9.17, 15) is 9.59 Å². The maximum Gasteiger partial charge on any atom is 0.246 e. The zero-order chi connectivity index (χ0) is 21.3. The Labute approximate surface area is 172 Å². The molecular formula is C22H32N4O3. The largest absolute Gasteiger partial charge is 0.348 e. The third-order valence-electron chi connectivity index (χ3n) is 5.54. The molecule has 0 bridgehead atoms. The van der Waals surface area contributed by atoms with Gasteiger partial charge >= 0.3 is 0 Å². The molecule has 29 heavy (non-hydrogen) atoms. The standard InChI is InChI=1S/C22H32N4O3/c1-7-8-26-14(4)15(20-16(26)10-22(5,6)11-17(20)27)9-18(28)23-12-19-24-21(13(2)3)25-29-19/h13H,7-12H2,1-6H3,(H,23,28). The molecule has 0 spiro atoms. The van der Waals surface area contributed by atoms with Gasteiger partial charge in [0.05, 0.1) is 13.0 Å². The number of nitrogens with zero attached hydrogens (tertiary/aromatic N) is 3. The fourth-order valence-electron chi connectivity index (χ4n) is 4.12. The lowest BCUT2D eigenvalue weighted by atomic mass is 9.75. The van der Waals surface area contributed by atoms with E-state index in [-0.39, 0.29) is 36.0 Å². The number of rotatable bonds is 7. The van der Waals surface area contributed by atoms with Crippen molar-refractivity contribution in [3.8, 4) is 0 Å². The van der Waals surface area contributed by atoms with Crippen molar-refractivity contribution in [1.29, 1.82) is 0 Å². The van der Waals surface area contributed by atoms with Gasteiger partial charge in [-0.25, -0.2) is 0 Å². The van der Waals surface area contributed by atoms with E-state index in [2.05, 4.69) is 40.8 Å². The molecule has 7 heteroatoms. The van der Waals surface area contributed by atoms with Gasteiger partial charge in [0, 0.05) is 35.8 Å². The first-order chi connectivity index (χ1) is 13.6. The molecule has 0 aromatic carbocycles. The van der Waals surface area contributed by atoms with Gasteiger partial charge in [-0.15, -0.1) is 0 Å². The van der Waals surface area contributed by atoms with Crippen molar-refractivity contribution in [2.45, 2.75) is 86.2 Å². The molecule has 3 rings (SSSR count). The third-order valence-corrected chi connectivity index (χ3v) is 5.54. The van der Waals surface area contributed by atoms with Crippen LogP contribution in [0, 0.1) is 12.3 Å². The van der Waals surface area contributed by atoms with Crippen LogP contribution in [-0.4, -0.2) is 26.4 Å². The molecule has 1 N–H and O–H groups in total. The molecule has 0 fully saturated rings. The van der Waals surface area contributed by atoms with Crippen LogP contribution in [0.1, 0.15) is 92.4 Å². The summed E-state index contributed by atoms with van der Waals surface area (Å²) in [5.41, 5.74) is 3.70. The quantitative estimate of drug-likeness (QED) is 0.765. The summed E-state index contributed by atoms with van der Waals surface area (Å²) in [6.45, 7) is 13.4. The molecule has 0 unspecified atom stereocenters. The molecular weight excluding hydrogens is 368 g/mol. The Morgan fingerprint density at radius 2 is 2.03 bits per heavy atom. The number of amides is 1. The minimum atomic E-state index is -0.147. The number of nitrogens with one attached hydrogen (secondary N) is 1. The van der Waals surface area contributed by atoms with Crippen LogP contribution in [0.5, 0.6) is 0 Å². The first kappa shape index (κ1) is 21.3. The predicted molar refractivity (Wildman–Crippen MR) is 110 cm³/mol. The Balaban J connectivity index is 1.79. The Morgan fingerprint density at radius 3 is 2.66 bits per heavy atom. The van der Waals surface area contributed by atoms with Crippen LogP contribution in [0.3, 0.4) is 0 Å². The van der Waals surface area contributed by atoms with E-state index in [1.807, 2.05) is 20.8 Å². The zero-order valence-corrected chi connectivity index (χ0v) is 18.4. The molecule has 1 amide bonds. The molecule has 1 aliphatic rings. The van der Waals surface area contributed by atoms with E-state index >= 15 is 0 Å². The summed E-state index contributed by atoms with van der Waals surface area (Å²) in [6, 6.07) is 0. The SMILES string of the molecule is CCCn1c(C)c(CC(=O)NCc2nc(C(C)C)no2)c2c1CC(C)(C)CC2=O. The molecule has 0 radical (unpaired) electrons. The minimum absolute atomic E-state index is 0.0496. The van der Waals surface area contributed by atoms with Crippen molar-refractivity contribution >= 4 is 11.7 Å². The Hall–Kier alpha value is -2.44. The summed E-state index contributed by atoms with van der Waals surface area (Å²) in [4.78, 5) is 29.9. The summed E-state index contributed by atoms with van der Waals surface area (Å²) in [5.74, 6) is 1.19. The molecule has 2 aromatic rings. The van der Waals surface area contributed by atoms with Gasteiger partial charge in [0.1, 0.15) is 0 Å². The second-order valence-corrected chi connectivity index (χ2v) is 9.13. The number of ketones is 1. The number of aromatic nitrogens is 3. The van der Waals surface area contributed by atoms with Crippen LogP contribution in [0.4, 0.5) is 0 Å². The zero-order valence-electron chi connectivity index (χ0n) is 18.4. The van der Waals surface area contributed by atoms with Crippen molar-refractivity contribution in [3.63, 3.8) is 0 Å². The lowest BCUT2D eigenvalue weighted by Gasteiger charge is -2.30. The fourth-order valence-corrected chi connectivity index (χ4v) is 4.12. The van der Waals surface area contributed by atoms with Crippen molar-refractivity contribution in [2.24, 2.45) is 5.41 Å². The first-order valence-corrected chi connectivity index (χ1v) is 10.5. The Bertz CT molecular complexity index is 921. The lowest BCUT2D eigenvalue weighted by molar-refractivity contribution is -0.120. The molecule has 7 nitrogen and oxygen atoms in total. The van der Waals surface area contributed by atoms with Gasteiger partial charge in [0.25, 0.3) is 0 Å². The van der Waals surface area contributed by atoms with Crippen LogP contribution in [-0.2, 0) is 30.7 Å². The van der Waals surface area contributed by atoms with Crippen LogP contribution < -0.4 is 5.32 Å². The summed E-state index contributed by atoms with van der Waals surface area (Å²) >= 11 is 0. The second-order valence-electron chi connectivity index (χ2n) is 9.13. The number of Topliss-reactive ketones (excluding diaryl/α,β-unsaturated/α-hetero) is 1. The lowest BCUT2D eigenvalue weighted by Crippen LogP contribution is -2.29. The number of carbonyl (C=O) groups is 2. The summed E-state index contributed by atoms with van der Waals surface area (Å²) in [7, 11) is 0. The molecule has 0 saturated carbocycles. The second kappa shape index (κ2) is 8.13. The number of hydrogen-bond donors (Lipinski definition) is 1. The third kappa shape index (κ3) is 4.43. The summed E-state index contributed by atoms with van der Waals surface area (Å²) in [5, 5.41) is 6.76. The highest BCUT2D eigenvalue weighted by Crippen LogP contribution is 2.39. The monoisotopic (exact) mass is 400 g/mol. The van der Waals surface area contributed by atoms with Gasteiger partial charge in [-0.1, -0.05) is 39.8 Å². The van der Waals surface area contributed by atoms with Crippen molar-refractivity contribution in [3.05, 3.63) is 34.2 Å². The molecule has 0 aliphatic heterocycles. The van der Waals surface area contributed by atoms with Crippen LogP contribution >= 0.6 is 0 Å². The van der Waals surface area contributed by atoms with Gasteiger partial charge in [-0.05, 0) is 30.7 Å². The fraction of sp³-hybridized carbons (Fsp3) is 0.636. The average molecular weight is 401 g/mol.